The van der Waals surface area contributed by atoms with Gasteiger partial charge in [0.25, 0.3) is 0 Å². The van der Waals surface area contributed by atoms with E-state index in [9.17, 15) is 4.39 Å². The number of benzene rings is 1. The van der Waals surface area contributed by atoms with E-state index in [4.69, 9.17) is 11.6 Å². The summed E-state index contributed by atoms with van der Waals surface area (Å²) in [6.45, 7) is 2.87. The van der Waals surface area contributed by atoms with E-state index in [1.165, 1.54) is 11.3 Å². The molecule has 19 heavy (non-hydrogen) atoms. The van der Waals surface area contributed by atoms with Crippen molar-refractivity contribution in [2.24, 2.45) is 0 Å². The highest BCUT2D eigenvalue weighted by Crippen LogP contribution is 2.33. The van der Waals surface area contributed by atoms with Crippen LogP contribution in [0, 0.1) is 5.82 Å². The molecule has 102 valence electrons. The number of aromatic nitrogens is 1. The van der Waals surface area contributed by atoms with Crippen molar-refractivity contribution < 1.29 is 4.39 Å². The minimum absolute atomic E-state index is 0.116. The molecule has 0 radical (unpaired) electrons. The second kappa shape index (κ2) is 6.79. The van der Waals surface area contributed by atoms with E-state index in [-0.39, 0.29) is 11.1 Å². The highest BCUT2D eigenvalue weighted by molar-refractivity contribution is 9.10. The van der Waals surface area contributed by atoms with Gasteiger partial charge in [-0.1, -0.05) is 24.6 Å². The lowest BCUT2D eigenvalue weighted by Crippen LogP contribution is -2.23. The predicted molar refractivity (Wildman–Crippen MR) is 81.4 cm³/mol. The van der Waals surface area contributed by atoms with Crippen LogP contribution in [-0.2, 0) is 0 Å². The summed E-state index contributed by atoms with van der Waals surface area (Å²) < 4.78 is 14.9. The maximum atomic E-state index is 14.3. The van der Waals surface area contributed by atoms with Gasteiger partial charge in [-0.15, -0.1) is 11.3 Å². The number of nitrogens with one attached hydrogen (secondary N) is 1. The summed E-state index contributed by atoms with van der Waals surface area (Å²) in [6, 6.07) is 3.30. The van der Waals surface area contributed by atoms with Gasteiger partial charge >= 0.3 is 0 Å². The molecule has 2 rings (SSSR count). The van der Waals surface area contributed by atoms with Gasteiger partial charge in [0.2, 0.25) is 0 Å². The van der Waals surface area contributed by atoms with E-state index < -0.39 is 5.82 Å². The Bertz CT molecular complexity index is 548. The Morgan fingerprint density at radius 1 is 1.53 bits per heavy atom. The van der Waals surface area contributed by atoms with Gasteiger partial charge in [-0.3, -0.25) is 4.98 Å². The Balaban J connectivity index is 2.41. The molecule has 0 aliphatic heterocycles. The van der Waals surface area contributed by atoms with Crippen LogP contribution in [0.5, 0.6) is 0 Å². The fourth-order valence-electron chi connectivity index (χ4n) is 1.78. The Morgan fingerprint density at radius 2 is 2.32 bits per heavy atom. The summed E-state index contributed by atoms with van der Waals surface area (Å²) in [5.74, 6) is -0.391. The average Bonchev–Trinajstić information content (AvgIpc) is 2.92. The molecule has 2 aromatic rings. The number of rotatable bonds is 5. The fourth-order valence-corrected chi connectivity index (χ4v) is 2.97. The number of hydrogen-bond acceptors (Lipinski definition) is 3. The molecule has 1 heterocycles. The van der Waals surface area contributed by atoms with Gasteiger partial charge in [0.05, 0.1) is 16.6 Å². The second-order valence-corrected chi connectivity index (χ2v) is 6.21. The molecule has 1 N–H and O–H groups in total. The number of hydrogen-bond donors (Lipinski definition) is 1. The van der Waals surface area contributed by atoms with Crippen molar-refractivity contribution in [2.75, 3.05) is 6.54 Å². The van der Waals surface area contributed by atoms with Crippen molar-refractivity contribution in [1.29, 1.82) is 0 Å². The quantitative estimate of drug-likeness (QED) is 0.773. The van der Waals surface area contributed by atoms with Crippen molar-refractivity contribution in [3.05, 3.63) is 49.6 Å². The summed E-state index contributed by atoms with van der Waals surface area (Å²) in [7, 11) is 0. The Hall–Kier alpha value is -0.490. The normalized spacial score (nSPS) is 12.6. The molecule has 0 saturated carbocycles. The molecule has 0 aliphatic rings. The molecule has 0 bridgehead atoms. The number of nitrogens with zero attached hydrogens (tertiary/aromatic N) is 1. The van der Waals surface area contributed by atoms with Crippen molar-refractivity contribution in [3.63, 3.8) is 0 Å². The summed E-state index contributed by atoms with van der Waals surface area (Å²) >= 11 is 10.7. The van der Waals surface area contributed by atoms with Gasteiger partial charge in [0, 0.05) is 21.1 Å². The molecule has 0 saturated heterocycles. The van der Waals surface area contributed by atoms with Crippen LogP contribution in [0.4, 0.5) is 4.39 Å². The minimum atomic E-state index is -0.391. The zero-order valence-electron chi connectivity index (χ0n) is 10.3. The molecule has 1 aromatic heterocycles. The summed E-state index contributed by atoms with van der Waals surface area (Å²) in [5, 5.41) is 3.45. The van der Waals surface area contributed by atoms with E-state index in [0.717, 1.165) is 17.8 Å². The third-order valence-corrected chi connectivity index (χ3v) is 4.81. The number of halogens is 3. The standard InChI is InChI=1S/C13H13BrClFN2S/c1-2-5-18-13(10-6-17-7-19-10)8-3-4-9(14)11(15)12(8)16/h3-4,6-7,13,18H,2,5H2,1H3. The van der Waals surface area contributed by atoms with Gasteiger partial charge in [-0.05, 0) is 35.0 Å². The van der Waals surface area contributed by atoms with Crippen molar-refractivity contribution >= 4 is 38.9 Å². The van der Waals surface area contributed by atoms with E-state index in [0.29, 0.717) is 10.0 Å². The molecule has 1 atom stereocenters. The van der Waals surface area contributed by atoms with Gasteiger partial charge in [0.1, 0.15) is 5.82 Å². The van der Waals surface area contributed by atoms with Gasteiger partial charge in [-0.25, -0.2) is 4.39 Å². The largest absolute Gasteiger partial charge is 0.305 e. The molecule has 2 nitrogen and oxygen atoms in total. The first-order valence-electron chi connectivity index (χ1n) is 5.90. The number of thiazole rings is 1. The van der Waals surface area contributed by atoms with Crippen molar-refractivity contribution in [1.82, 2.24) is 10.3 Å². The molecule has 0 fully saturated rings. The average molecular weight is 364 g/mol. The minimum Gasteiger partial charge on any atom is -0.305 e. The third-order valence-electron chi connectivity index (χ3n) is 2.71. The van der Waals surface area contributed by atoms with Crippen LogP contribution in [0.15, 0.2) is 28.3 Å². The van der Waals surface area contributed by atoms with Gasteiger partial charge < -0.3 is 5.32 Å². The second-order valence-electron chi connectivity index (χ2n) is 4.06. The third kappa shape index (κ3) is 3.34. The van der Waals surface area contributed by atoms with Crippen molar-refractivity contribution in [2.45, 2.75) is 19.4 Å². The van der Waals surface area contributed by atoms with Gasteiger partial charge in [0.15, 0.2) is 0 Å². The van der Waals surface area contributed by atoms with Crippen LogP contribution in [0.1, 0.15) is 29.8 Å². The summed E-state index contributed by atoms with van der Waals surface area (Å²) in [5.41, 5.74) is 2.29. The van der Waals surface area contributed by atoms with E-state index >= 15 is 0 Å². The Labute approximate surface area is 129 Å². The first kappa shape index (κ1) is 14.9. The zero-order chi connectivity index (χ0) is 13.8. The van der Waals surface area contributed by atoms with Crippen molar-refractivity contribution in [3.8, 4) is 0 Å². The predicted octanol–water partition coefficient (Wildman–Crippen LogP) is 4.79. The molecule has 0 spiro atoms. The lowest BCUT2D eigenvalue weighted by atomic mass is 10.0. The highest BCUT2D eigenvalue weighted by atomic mass is 79.9. The van der Waals surface area contributed by atoms with Crippen LogP contribution in [0.2, 0.25) is 5.02 Å². The first-order chi connectivity index (χ1) is 9.15. The lowest BCUT2D eigenvalue weighted by Gasteiger charge is -2.18. The molecular formula is C13H13BrClFN2S. The SMILES string of the molecule is CCCNC(c1cncs1)c1ccc(Br)c(Cl)c1F. The lowest BCUT2D eigenvalue weighted by molar-refractivity contribution is 0.550. The van der Waals surface area contributed by atoms with Gasteiger partial charge in [-0.2, -0.15) is 0 Å². The van der Waals surface area contributed by atoms with Crippen LogP contribution < -0.4 is 5.32 Å². The van der Waals surface area contributed by atoms with E-state index in [1.54, 1.807) is 23.8 Å². The molecule has 0 aliphatic carbocycles. The molecule has 6 heteroatoms. The molecule has 1 aromatic carbocycles. The molecule has 0 amide bonds. The monoisotopic (exact) mass is 362 g/mol. The highest BCUT2D eigenvalue weighted by Gasteiger charge is 2.21. The molecular weight excluding hydrogens is 351 g/mol. The summed E-state index contributed by atoms with van der Waals surface area (Å²) in [6.07, 6.45) is 2.73. The van der Waals surface area contributed by atoms with Crippen LogP contribution in [-0.4, -0.2) is 11.5 Å². The van der Waals surface area contributed by atoms with Crippen LogP contribution >= 0.6 is 38.9 Å². The van der Waals surface area contributed by atoms with E-state index in [1.807, 2.05) is 0 Å². The maximum absolute atomic E-state index is 14.3. The first-order valence-corrected chi connectivity index (χ1v) is 7.95. The van der Waals surface area contributed by atoms with E-state index in [2.05, 4.69) is 33.2 Å². The maximum Gasteiger partial charge on any atom is 0.148 e. The Morgan fingerprint density at radius 3 is 2.95 bits per heavy atom. The zero-order valence-corrected chi connectivity index (χ0v) is 13.4. The van der Waals surface area contributed by atoms with Crippen LogP contribution in [0.25, 0.3) is 0 Å². The topological polar surface area (TPSA) is 24.9 Å². The molecule has 1 unspecified atom stereocenters. The Kier molecular flexibility index (Phi) is 5.33. The smallest absolute Gasteiger partial charge is 0.148 e. The van der Waals surface area contributed by atoms with Crippen LogP contribution in [0.3, 0.4) is 0 Å². The fraction of sp³-hybridized carbons (Fsp3) is 0.308. The summed E-state index contributed by atoms with van der Waals surface area (Å²) in [4.78, 5) is 5.04.